The molecule has 0 bridgehead atoms. The minimum absolute atomic E-state index is 0.00647. The number of aliphatic hydroxyl groups is 1. The van der Waals surface area contributed by atoms with Gasteiger partial charge in [-0.2, -0.15) is 0 Å². The maximum Gasteiger partial charge on any atom is 0.295 e. The van der Waals surface area contributed by atoms with Crippen molar-refractivity contribution in [3.63, 3.8) is 0 Å². The van der Waals surface area contributed by atoms with Crippen LogP contribution in [0.4, 0.5) is 0 Å². The number of aliphatic hydroxyl groups excluding tert-OH is 1. The zero-order chi connectivity index (χ0) is 23.3. The molecule has 0 spiro atoms. The quantitative estimate of drug-likeness (QED) is 0.319. The molecule has 1 aromatic heterocycles. The summed E-state index contributed by atoms with van der Waals surface area (Å²) in [7, 11) is 0. The van der Waals surface area contributed by atoms with E-state index in [1.165, 1.54) is 17.2 Å². The Bertz CT molecular complexity index is 982. The first-order valence-corrected chi connectivity index (χ1v) is 11.3. The lowest BCUT2D eigenvalue weighted by molar-refractivity contribution is -0.140. The van der Waals surface area contributed by atoms with Crippen molar-refractivity contribution < 1.29 is 23.8 Å². The van der Waals surface area contributed by atoms with E-state index >= 15 is 0 Å². The number of likely N-dealkylation sites (tertiary alicyclic amines) is 1. The molecule has 1 atom stereocenters. The van der Waals surface area contributed by atoms with Gasteiger partial charge in [-0.3, -0.25) is 9.59 Å². The van der Waals surface area contributed by atoms with Crippen molar-refractivity contribution >= 4 is 29.1 Å². The summed E-state index contributed by atoms with van der Waals surface area (Å²) >= 11 is 6.27. The topological polar surface area (TPSA) is 83.2 Å². The molecule has 172 valence electrons. The van der Waals surface area contributed by atoms with Gasteiger partial charge in [0.2, 0.25) is 0 Å². The molecule has 32 heavy (non-hydrogen) atoms. The number of amides is 1. The average Bonchev–Trinajstić information content (AvgIpc) is 3.40. The van der Waals surface area contributed by atoms with Gasteiger partial charge in [0.15, 0.2) is 0 Å². The smallest absolute Gasteiger partial charge is 0.295 e. The molecule has 1 unspecified atom stereocenters. The first-order valence-electron chi connectivity index (χ1n) is 10.9. The van der Waals surface area contributed by atoms with Gasteiger partial charge in [0.25, 0.3) is 11.7 Å². The van der Waals surface area contributed by atoms with Crippen LogP contribution in [0.3, 0.4) is 0 Å². The van der Waals surface area contributed by atoms with E-state index in [-0.39, 0.29) is 11.3 Å². The zero-order valence-corrected chi connectivity index (χ0v) is 19.4. The third kappa shape index (κ3) is 4.84. The SMILES string of the molecule is CCOc1ccc(/C(O)=C2/C(=O)C(=O)N(CCCN(CC)CC)C2c2ccco2)cc1Cl. The molecule has 2 heterocycles. The van der Waals surface area contributed by atoms with Crippen LogP contribution in [0.1, 0.15) is 44.6 Å². The molecule has 1 fully saturated rings. The summed E-state index contributed by atoms with van der Waals surface area (Å²) in [5.74, 6) is -0.780. The van der Waals surface area contributed by atoms with Gasteiger partial charge in [-0.1, -0.05) is 25.4 Å². The van der Waals surface area contributed by atoms with Crippen molar-refractivity contribution in [3.05, 3.63) is 58.5 Å². The molecule has 1 N–H and O–H groups in total. The Morgan fingerprint density at radius 2 is 1.97 bits per heavy atom. The van der Waals surface area contributed by atoms with Crippen molar-refractivity contribution in [1.29, 1.82) is 0 Å². The average molecular weight is 461 g/mol. The van der Waals surface area contributed by atoms with Gasteiger partial charge in [0.05, 0.1) is 23.5 Å². The molecule has 8 heteroatoms. The van der Waals surface area contributed by atoms with Crippen LogP contribution in [-0.4, -0.2) is 59.4 Å². The fraction of sp³-hybridized carbons (Fsp3) is 0.417. The van der Waals surface area contributed by atoms with E-state index in [1.54, 1.807) is 24.3 Å². The highest BCUT2D eigenvalue weighted by Gasteiger charge is 2.47. The molecule has 1 aliphatic rings. The molecule has 1 aromatic carbocycles. The van der Waals surface area contributed by atoms with Crippen LogP contribution in [0.5, 0.6) is 5.75 Å². The summed E-state index contributed by atoms with van der Waals surface area (Å²) in [4.78, 5) is 29.6. The zero-order valence-electron chi connectivity index (χ0n) is 18.6. The van der Waals surface area contributed by atoms with E-state index in [9.17, 15) is 14.7 Å². The highest BCUT2D eigenvalue weighted by Crippen LogP contribution is 2.40. The van der Waals surface area contributed by atoms with E-state index < -0.39 is 17.7 Å². The highest BCUT2D eigenvalue weighted by atomic mass is 35.5. The Kier molecular flexibility index (Phi) is 7.99. The van der Waals surface area contributed by atoms with Crippen molar-refractivity contribution in [1.82, 2.24) is 9.80 Å². The summed E-state index contributed by atoms with van der Waals surface area (Å²) in [6.45, 7) is 9.45. The van der Waals surface area contributed by atoms with E-state index in [2.05, 4.69) is 18.7 Å². The first kappa shape index (κ1) is 23.9. The second kappa shape index (κ2) is 10.7. The van der Waals surface area contributed by atoms with Crippen LogP contribution < -0.4 is 4.74 Å². The van der Waals surface area contributed by atoms with Gasteiger partial charge < -0.3 is 24.1 Å². The summed E-state index contributed by atoms with van der Waals surface area (Å²) < 4.78 is 11.0. The number of ketones is 1. The Hall–Kier alpha value is -2.77. The predicted molar refractivity (Wildman–Crippen MR) is 123 cm³/mol. The molecule has 0 saturated carbocycles. The Balaban J connectivity index is 1.97. The lowest BCUT2D eigenvalue weighted by Gasteiger charge is -2.25. The number of benzene rings is 1. The number of rotatable bonds is 10. The molecular weight excluding hydrogens is 432 g/mol. The maximum atomic E-state index is 13.0. The van der Waals surface area contributed by atoms with Gasteiger partial charge in [0, 0.05) is 12.1 Å². The highest BCUT2D eigenvalue weighted by molar-refractivity contribution is 6.46. The standard InChI is InChI=1S/C24H29ClN2O5/c1-4-26(5-2)12-8-13-27-21(19-9-7-14-32-19)20(23(29)24(27)30)22(28)16-10-11-18(31-6-3)17(25)15-16/h7,9-11,14-15,21,28H,4-6,8,12-13H2,1-3H3/b22-20-. The van der Waals surface area contributed by atoms with Gasteiger partial charge in [0.1, 0.15) is 23.3 Å². The number of ether oxygens (including phenoxy) is 1. The van der Waals surface area contributed by atoms with E-state index in [0.29, 0.717) is 41.7 Å². The number of furan rings is 1. The predicted octanol–water partition coefficient (Wildman–Crippen LogP) is 4.49. The lowest BCUT2D eigenvalue weighted by Crippen LogP contribution is -2.33. The fourth-order valence-electron chi connectivity index (χ4n) is 3.93. The molecule has 1 aliphatic heterocycles. The Morgan fingerprint density at radius 1 is 1.22 bits per heavy atom. The monoisotopic (exact) mass is 460 g/mol. The first-order chi connectivity index (χ1) is 15.4. The number of carbonyl (C=O) groups is 2. The van der Waals surface area contributed by atoms with Crippen molar-refractivity contribution in [2.24, 2.45) is 0 Å². The van der Waals surface area contributed by atoms with E-state index in [0.717, 1.165) is 19.6 Å². The summed E-state index contributed by atoms with van der Waals surface area (Å²) in [6.07, 6.45) is 2.18. The van der Waals surface area contributed by atoms with Gasteiger partial charge >= 0.3 is 0 Å². The normalized spacial score (nSPS) is 18.0. The van der Waals surface area contributed by atoms with Crippen LogP contribution in [-0.2, 0) is 9.59 Å². The van der Waals surface area contributed by atoms with Crippen LogP contribution in [0.2, 0.25) is 5.02 Å². The second-order valence-electron chi connectivity index (χ2n) is 7.47. The van der Waals surface area contributed by atoms with Crippen LogP contribution >= 0.6 is 11.6 Å². The summed E-state index contributed by atoms with van der Waals surface area (Å²) in [5.41, 5.74) is 0.323. The Labute approximate surface area is 193 Å². The Morgan fingerprint density at radius 3 is 2.56 bits per heavy atom. The number of hydrogen-bond donors (Lipinski definition) is 1. The van der Waals surface area contributed by atoms with Crippen LogP contribution in [0.15, 0.2) is 46.6 Å². The van der Waals surface area contributed by atoms with Crippen LogP contribution in [0, 0.1) is 0 Å². The van der Waals surface area contributed by atoms with Gasteiger partial charge in [-0.15, -0.1) is 0 Å². The van der Waals surface area contributed by atoms with E-state index in [4.69, 9.17) is 20.8 Å². The van der Waals surface area contributed by atoms with Crippen molar-refractivity contribution in [3.8, 4) is 5.75 Å². The number of hydrogen-bond acceptors (Lipinski definition) is 6. The number of halogens is 1. The van der Waals surface area contributed by atoms with Crippen molar-refractivity contribution in [2.75, 3.05) is 32.8 Å². The minimum Gasteiger partial charge on any atom is -0.507 e. The lowest BCUT2D eigenvalue weighted by atomic mass is 9.99. The minimum atomic E-state index is -0.799. The second-order valence-corrected chi connectivity index (χ2v) is 7.87. The molecule has 0 aliphatic carbocycles. The van der Waals surface area contributed by atoms with Crippen LogP contribution in [0.25, 0.3) is 5.76 Å². The van der Waals surface area contributed by atoms with Gasteiger partial charge in [-0.05, 0) is 63.3 Å². The number of carbonyl (C=O) groups excluding carboxylic acids is 2. The van der Waals surface area contributed by atoms with Crippen molar-refractivity contribution in [2.45, 2.75) is 33.2 Å². The van der Waals surface area contributed by atoms with Gasteiger partial charge in [-0.25, -0.2) is 0 Å². The molecule has 2 aromatic rings. The molecule has 1 amide bonds. The summed E-state index contributed by atoms with van der Waals surface area (Å²) in [6, 6.07) is 7.36. The third-order valence-electron chi connectivity index (χ3n) is 5.63. The maximum absolute atomic E-state index is 13.0. The largest absolute Gasteiger partial charge is 0.507 e. The fourth-order valence-corrected chi connectivity index (χ4v) is 4.17. The molecule has 3 rings (SSSR count). The number of nitrogens with zero attached hydrogens (tertiary/aromatic N) is 2. The third-order valence-corrected chi connectivity index (χ3v) is 5.92. The number of Topliss-reactive ketones (excluding diaryl/α,β-unsaturated/α-hetero) is 1. The molecular formula is C24H29ClN2O5. The van der Waals surface area contributed by atoms with E-state index in [1.807, 2.05) is 6.92 Å². The molecule has 1 saturated heterocycles. The molecule has 0 radical (unpaired) electrons. The molecule has 7 nitrogen and oxygen atoms in total. The summed E-state index contributed by atoms with van der Waals surface area (Å²) in [5, 5.41) is 11.4.